The summed E-state index contributed by atoms with van der Waals surface area (Å²) in [6, 6.07) is 0. The van der Waals surface area contributed by atoms with E-state index in [1.165, 1.54) is 38.5 Å². The van der Waals surface area contributed by atoms with Crippen LogP contribution in [0.4, 0.5) is 0 Å². The van der Waals surface area contributed by atoms with Crippen molar-refractivity contribution in [2.45, 2.75) is 38.5 Å². The van der Waals surface area contributed by atoms with E-state index in [-0.39, 0.29) is 11.7 Å². The Balaban J connectivity index is 1.44. The van der Waals surface area contributed by atoms with Gasteiger partial charge in [-0.05, 0) is 66.9 Å². The second-order valence-corrected chi connectivity index (χ2v) is 6.84. The Kier molecular flexibility index (Phi) is 2.40. The van der Waals surface area contributed by atoms with Crippen molar-refractivity contribution in [3.63, 3.8) is 0 Å². The maximum atomic E-state index is 11.9. The van der Waals surface area contributed by atoms with E-state index in [9.17, 15) is 4.79 Å². The number of carbonyl (C=O) groups is 1. The van der Waals surface area contributed by atoms with E-state index < -0.39 is 0 Å². The summed E-state index contributed by atoms with van der Waals surface area (Å²) in [6.45, 7) is 0.782. The molecule has 4 saturated carbocycles. The first-order valence-corrected chi connectivity index (χ1v) is 7.24. The molecule has 1 aromatic rings. The highest BCUT2D eigenvalue weighted by Gasteiger charge is 2.50. The van der Waals surface area contributed by atoms with E-state index in [1.54, 1.807) is 0 Å². The van der Waals surface area contributed by atoms with E-state index in [1.807, 2.05) is 0 Å². The van der Waals surface area contributed by atoms with Gasteiger partial charge in [0.25, 0.3) is 11.7 Å². The van der Waals surface area contributed by atoms with Gasteiger partial charge in [0.05, 0.1) is 0 Å². The number of H-pyrrole nitrogens is 1. The van der Waals surface area contributed by atoms with Gasteiger partial charge in [-0.2, -0.15) is 5.21 Å². The molecule has 1 aromatic heterocycles. The monoisotopic (exact) mass is 261 g/mol. The normalized spacial score (nSPS) is 39.5. The van der Waals surface area contributed by atoms with Gasteiger partial charge < -0.3 is 5.32 Å². The number of hydrogen-bond acceptors (Lipinski definition) is 4. The molecule has 6 heteroatoms. The first kappa shape index (κ1) is 11.4. The number of nitrogens with zero attached hydrogens (tertiary/aromatic N) is 3. The Morgan fingerprint density at radius 1 is 1.21 bits per heavy atom. The minimum Gasteiger partial charge on any atom is -0.349 e. The van der Waals surface area contributed by atoms with Crippen LogP contribution >= 0.6 is 0 Å². The predicted molar refractivity (Wildman–Crippen MR) is 67.1 cm³/mol. The molecule has 2 N–H and O–H groups in total. The van der Waals surface area contributed by atoms with Crippen LogP contribution in [0.5, 0.6) is 0 Å². The smallest absolute Gasteiger partial charge is 0.292 e. The van der Waals surface area contributed by atoms with E-state index in [0.29, 0.717) is 5.41 Å². The van der Waals surface area contributed by atoms with E-state index in [0.717, 1.165) is 24.3 Å². The summed E-state index contributed by atoms with van der Waals surface area (Å²) in [5.74, 6) is 2.67. The first-order chi connectivity index (χ1) is 9.22. The summed E-state index contributed by atoms with van der Waals surface area (Å²) >= 11 is 0. The third kappa shape index (κ3) is 1.93. The van der Waals surface area contributed by atoms with E-state index in [4.69, 9.17) is 0 Å². The molecule has 19 heavy (non-hydrogen) atoms. The lowest BCUT2D eigenvalue weighted by molar-refractivity contribution is -0.0503. The number of carbonyl (C=O) groups excluding carboxylic acids is 1. The van der Waals surface area contributed by atoms with Gasteiger partial charge >= 0.3 is 0 Å². The summed E-state index contributed by atoms with van der Waals surface area (Å²) in [5.41, 5.74) is 0.355. The molecule has 4 fully saturated rings. The molecule has 4 bridgehead atoms. The summed E-state index contributed by atoms with van der Waals surface area (Å²) in [5, 5.41) is 16.2. The van der Waals surface area contributed by atoms with E-state index >= 15 is 0 Å². The fraction of sp³-hybridized carbons (Fsp3) is 0.846. The molecule has 0 radical (unpaired) electrons. The third-order valence-electron chi connectivity index (χ3n) is 5.34. The Morgan fingerprint density at radius 3 is 2.37 bits per heavy atom. The molecular weight excluding hydrogens is 242 g/mol. The van der Waals surface area contributed by atoms with Gasteiger partial charge in [0, 0.05) is 6.54 Å². The number of hydrogen-bond donors (Lipinski definition) is 2. The fourth-order valence-corrected chi connectivity index (χ4v) is 5.11. The standard InChI is InChI=1S/C13H19N5O/c19-12(11-15-17-18-16-11)14-7-13-4-8-1-9(5-13)3-10(2-8)6-13/h8-10H,1-7H2,(H,14,19)(H,15,16,17,18). The molecule has 0 unspecified atom stereocenters. The highest BCUT2D eigenvalue weighted by atomic mass is 16.2. The maximum absolute atomic E-state index is 11.9. The Morgan fingerprint density at radius 2 is 1.84 bits per heavy atom. The van der Waals surface area contributed by atoms with Crippen molar-refractivity contribution in [1.29, 1.82) is 0 Å². The summed E-state index contributed by atoms with van der Waals surface area (Å²) in [4.78, 5) is 11.9. The van der Waals surface area contributed by atoms with Gasteiger partial charge in [0.2, 0.25) is 0 Å². The van der Waals surface area contributed by atoms with Gasteiger partial charge in [0.15, 0.2) is 0 Å². The van der Waals surface area contributed by atoms with Crippen LogP contribution in [0.2, 0.25) is 0 Å². The van der Waals surface area contributed by atoms with Crippen LogP contribution < -0.4 is 5.32 Å². The van der Waals surface area contributed by atoms with Crippen LogP contribution in [-0.4, -0.2) is 33.1 Å². The zero-order valence-electron chi connectivity index (χ0n) is 10.9. The van der Waals surface area contributed by atoms with Crippen LogP contribution in [0.3, 0.4) is 0 Å². The molecule has 6 nitrogen and oxygen atoms in total. The van der Waals surface area contributed by atoms with Crippen molar-refractivity contribution in [3.05, 3.63) is 5.82 Å². The molecule has 4 aliphatic rings. The minimum atomic E-state index is -0.204. The molecule has 1 amide bonds. The van der Waals surface area contributed by atoms with Crippen molar-refractivity contribution < 1.29 is 4.79 Å². The van der Waals surface area contributed by atoms with Crippen molar-refractivity contribution in [1.82, 2.24) is 25.9 Å². The fourth-order valence-electron chi connectivity index (χ4n) is 5.11. The topological polar surface area (TPSA) is 83.6 Å². The molecular formula is C13H19N5O. The Hall–Kier alpha value is -1.46. The lowest BCUT2D eigenvalue weighted by atomic mass is 9.49. The Bertz CT molecular complexity index is 448. The largest absolute Gasteiger partial charge is 0.349 e. The minimum absolute atomic E-state index is 0.143. The second-order valence-electron chi connectivity index (χ2n) is 6.84. The lowest BCUT2D eigenvalue weighted by Crippen LogP contribution is -2.51. The molecule has 4 aliphatic carbocycles. The van der Waals surface area contributed by atoms with Crippen LogP contribution in [0.1, 0.15) is 49.1 Å². The quantitative estimate of drug-likeness (QED) is 0.854. The van der Waals surface area contributed by atoms with Crippen LogP contribution in [-0.2, 0) is 0 Å². The average molecular weight is 261 g/mol. The lowest BCUT2D eigenvalue weighted by Gasteiger charge is -2.56. The predicted octanol–water partition coefficient (Wildman–Crippen LogP) is 1.15. The van der Waals surface area contributed by atoms with Crippen molar-refractivity contribution in [2.24, 2.45) is 23.2 Å². The molecule has 0 atom stereocenters. The number of tetrazole rings is 1. The number of rotatable bonds is 3. The molecule has 0 aliphatic heterocycles. The molecule has 0 saturated heterocycles. The summed E-state index contributed by atoms with van der Waals surface area (Å²) in [7, 11) is 0. The molecule has 1 heterocycles. The zero-order chi connectivity index (χ0) is 12.9. The number of aromatic nitrogens is 4. The van der Waals surface area contributed by atoms with Crippen molar-refractivity contribution in [2.75, 3.05) is 6.54 Å². The molecule has 0 spiro atoms. The highest BCUT2D eigenvalue weighted by molar-refractivity contribution is 5.90. The van der Waals surface area contributed by atoms with E-state index in [2.05, 4.69) is 25.9 Å². The Labute approximate surface area is 111 Å². The number of aromatic amines is 1. The SMILES string of the molecule is O=C(NCC12CC3CC(CC(C3)C1)C2)c1nn[nH]n1. The van der Waals surface area contributed by atoms with Gasteiger partial charge in [0.1, 0.15) is 0 Å². The molecule has 102 valence electrons. The average Bonchev–Trinajstić information content (AvgIpc) is 2.88. The maximum Gasteiger partial charge on any atom is 0.292 e. The highest BCUT2D eigenvalue weighted by Crippen LogP contribution is 2.59. The van der Waals surface area contributed by atoms with Gasteiger partial charge in [-0.15, -0.1) is 10.2 Å². The van der Waals surface area contributed by atoms with Gasteiger partial charge in [-0.25, -0.2) is 0 Å². The van der Waals surface area contributed by atoms with Crippen LogP contribution in [0.15, 0.2) is 0 Å². The molecule has 0 aromatic carbocycles. The first-order valence-electron chi connectivity index (χ1n) is 7.24. The summed E-state index contributed by atoms with van der Waals surface area (Å²) < 4.78 is 0. The number of nitrogens with one attached hydrogen (secondary N) is 2. The summed E-state index contributed by atoms with van der Waals surface area (Å²) in [6.07, 6.45) is 8.18. The second kappa shape index (κ2) is 4.02. The van der Waals surface area contributed by atoms with Crippen LogP contribution in [0.25, 0.3) is 0 Å². The zero-order valence-corrected chi connectivity index (χ0v) is 10.9. The van der Waals surface area contributed by atoms with Crippen molar-refractivity contribution >= 4 is 5.91 Å². The van der Waals surface area contributed by atoms with Gasteiger partial charge in [-0.1, -0.05) is 0 Å². The van der Waals surface area contributed by atoms with Crippen molar-refractivity contribution in [3.8, 4) is 0 Å². The molecule has 5 rings (SSSR count). The van der Waals surface area contributed by atoms with Gasteiger partial charge in [-0.3, -0.25) is 4.79 Å². The third-order valence-corrected chi connectivity index (χ3v) is 5.34. The number of amides is 1. The van der Waals surface area contributed by atoms with Crippen LogP contribution in [0, 0.1) is 23.2 Å².